The number of hydrogen-bond acceptors (Lipinski definition) is 3. The number of nitrogens with zero attached hydrogens (tertiary/aromatic N) is 1. The molecular formula is C16H25BrN2O. The fraction of sp³-hybridized carbons (Fsp3) is 0.625. The molecule has 0 aromatic heterocycles. The lowest BCUT2D eigenvalue weighted by molar-refractivity contribution is 0.0507. The van der Waals surface area contributed by atoms with E-state index in [2.05, 4.69) is 53.0 Å². The minimum Gasteiger partial charge on any atom is -0.381 e. The van der Waals surface area contributed by atoms with Crippen molar-refractivity contribution in [3.63, 3.8) is 0 Å². The van der Waals surface area contributed by atoms with Crippen molar-refractivity contribution in [2.24, 2.45) is 11.7 Å². The van der Waals surface area contributed by atoms with Crippen LogP contribution < -0.4 is 5.73 Å². The summed E-state index contributed by atoms with van der Waals surface area (Å²) < 4.78 is 6.59. The molecule has 1 aromatic rings. The average molecular weight is 341 g/mol. The molecule has 20 heavy (non-hydrogen) atoms. The van der Waals surface area contributed by atoms with Gasteiger partial charge in [0.2, 0.25) is 0 Å². The van der Waals surface area contributed by atoms with E-state index in [1.807, 2.05) is 0 Å². The zero-order valence-electron chi connectivity index (χ0n) is 12.4. The molecule has 2 rings (SSSR count). The van der Waals surface area contributed by atoms with Gasteiger partial charge in [-0.1, -0.05) is 28.1 Å². The summed E-state index contributed by atoms with van der Waals surface area (Å²) in [5, 5.41) is 0. The van der Waals surface area contributed by atoms with Gasteiger partial charge in [0.05, 0.1) is 0 Å². The Hall–Kier alpha value is -0.420. The van der Waals surface area contributed by atoms with Crippen LogP contribution in [0.5, 0.6) is 0 Å². The zero-order valence-corrected chi connectivity index (χ0v) is 14.0. The van der Waals surface area contributed by atoms with E-state index < -0.39 is 0 Å². The van der Waals surface area contributed by atoms with Gasteiger partial charge in [-0.15, -0.1) is 0 Å². The smallest absolute Gasteiger partial charge is 0.0469 e. The van der Waals surface area contributed by atoms with Gasteiger partial charge in [-0.05, 0) is 49.9 Å². The van der Waals surface area contributed by atoms with Crippen LogP contribution in [0.1, 0.15) is 30.0 Å². The Balaban J connectivity index is 2.03. The molecule has 4 heteroatoms. The van der Waals surface area contributed by atoms with Gasteiger partial charge in [-0.25, -0.2) is 0 Å². The van der Waals surface area contributed by atoms with Crippen LogP contribution in [-0.4, -0.2) is 38.3 Å². The highest BCUT2D eigenvalue weighted by Crippen LogP contribution is 2.26. The van der Waals surface area contributed by atoms with E-state index in [0.29, 0.717) is 6.54 Å². The fourth-order valence-electron chi connectivity index (χ4n) is 2.85. The third kappa shape index (κ3) is 4.04. The standard InChI is InChI=1S/C16H25BrN2O/c1-12-3-4-14(9-15(12)17)16(10-18)19(2)11-13-5-7-20-8-6-13/h3-4,9,13,16H,5-8,10-11,18H2,1-2H3. The average Bonchev–Trinajstić information content (AvgIpc) is 2.44. The van der Waals surface area contributed by atoms with Crippen molar-refractivity contribution in [1.82, 2.24) is 4.90 Å². The number of hydrogen-bond donors (Lipinski definition) is 1. The Morgan fingerprint density at radius 2 is 2.10 bits per heavy atom. The molecule has 0 spiro atoms. The first-order valence-corrected chi connectivity index (χ1v) is 8.15. The molecule has 1 aliphatic rings. The third-order valence-corrected chi connectivity index (χ3v) is 5.08. The van der Waals surface area contributed by atoms with Gasteiger partial charge in [0, 0.05) is 36.8 Å². The quantitative estimate of drug-likeness (QED) is 0.894. The number of halogens is 1. The molecule has 0 bridgehead atoms. The van der Waals surface area contributed by atoms with E-state index in [1.54, 1.807) is 0 Å². The Kier molecular flexibility index (Phi) is 6.02. The van der Waals surface area contributed by atoms with Crippen LogP contribution in [0.4, 0.5) is 0 Å². The monoisotopic (exact) mass is 340 g/mol. The highest BCUT2D eigenvalue weighted by molar-refractivity contribution is 9.10. The Labute approximate surface area is 130 Å². The Bertz CT molecular complexity index is 432. The molecular weight excluding hydrogens is 316 g/mol. The lowest BCUT2D eigenvalue weighted by atomic mass is 9.97. The van der Waals surface area contributed by atoms with Crippen LogP contribution in [0.25, 0.3) is 0 Å². The highest BCUT2D eigenvalue weighted by Gasteiger charge is 2.21. The maximum Gasteiger partial charge on any atom is 0.0469 e. The van der Waals surface area contributed by atoms with Gasteiger partial charge in [0.25, 0.3) is 0 Å². The van der Waals surface area contributed by atoms with Crippen molar-refractivity contribution < 1.29 is 4.74 Å². The minimum absolute atomic E-state index is 0.287. The van der Waals surface area contributed by atoms with Crippen molar-refractivity contribution >= 4 is 15.9 Å². The normalized spacial score (nSPS) is 18.4. The summed E-state index contributed by atoms with van der Waals surface area (Å²) in [5.41, 5.74) is 8.57. The summed E-state index contributed by atoms with van der Waals surface area (Å²) in [6, 6.07) is 6.84. The first kappa shape index (κ1) is 16.0. The number of benzene rings is 1. The summed E-state index contributed by atoms with van der Waals surface area (Å²) in [6.07, 6.45) is 2.33. The molecule has 0 aliphatic carbocycles. The second-order valence-electron chi connectivity index (χ2n) is 5.76. The molecule has 0 radical (unpaired) electrons. The molecule has 1 aliphatic heterocycles. The lowest BCUT2D eigenvalue weighted by Gasteiger charge is -2.32. The van der Waals surface area contributed by atoms with Gasteiger partial charge in [-0.2, -0.15) is 0 Å². The second kappa shape index (κ2) is 7.55. The van der Waals surface area contributed by atoms with E-state index in [9.17, 15) is 0 Å². The molecule has 3 nitrogen and oxygen atoms in total. The van der Waals surface area contributed by atoms with Crippen molar-refractivity contribution in [2.45, 2.75) is 25.8 Å². The molecule has 0 saturated carbocycles. The number of ether oxygens (including phenoxy) is 1. The van der Waals surface area contributed by atoms with Crippen molar-refractivity contribution in [3.8, 4) is 0 Å². The number of likely N-dealkylation sites (N-methyl/N-ethyl adjacent to an activating group) is 1. The predicted molar refractivity (Wildman–Crippen MR) is 86.8 cm³/mol. The minimum atomic E-state index is 0.287. The van der Waals surface area contributed by atoms with Crippen LogP contribution in [-0.2, 0) is 4.74 Å². The van der Waals surface area contributed by atoms with Crippen LogP contribution in [0, 0.1) is 12.8 Å². The SMILES string of the molecule is Cc1ccc(C(CN)N(C)CC2CCOCC2)cc1Br. The summed E-state index contributed by atoms with van der Waals surface area (Å²) in [6.45, 7) is 5.66. The maximum atomic E-state index is 6.02. The fourth-order valence-corrected chi connectivity index (χ4v) is 3.25. The molecule has 112 valence electrons. The van der Waals surface area contributed by atoms with Crippen LogP contribution in [0.2, 0.25) is 0 Å². The van der Waals surface area contributed by atoms with Gasteiger partial charge in [-0.3, -0.25) is 4.90 Å². The van der Waals surface area contributed by atoms with Gasteiger partial charge < -0.3 is 10.5 Å². The van der Waals surface area contributed by atoms with E-state index in [1.165, 1.54) is 24.0 Å². The summed E-state index contributed by atoms with van der Waals surface area (Å²) >= 11 is 3.62. The van der Waals surface area contributed by atoms with Crippen molar-refractivity contribution in [1.29, 1.82) is 0 Å². The van der Waals surface area contributed by atoms with E-state index >= 15 is 0 Å². The molecule has 1 heterocycles. The first-order valence-electron chi connectivity index (χ1n) is 7.36. The lowest BCUT2D eigenvalue weighted by Crippen LogP contribution is -2.36. The summed E-state index contributed by atoms with van der Waals surface area (Å²) in [4.78, 5) is 2.40. The van der Waals surface area contributed by atoms with E-state index in [0.717, 1.165) is 30.1 Å². The zero-order chi connectivity index (χ0) is 14.5. The van der Waals surface area contributed by atoms with Crippen LogP contribution >= 0.6 is 15.9 Å². The van der Waals surface area contributed by atoms with Gasteiger partial charge in [0.1, 0.15) is 0 Å². The highest BCUT2D eigenvalue weighted by atomic mass is 79.9. The number of rotatable bonds is 5. The molecule has 1 aromatic carbocycles. The topological polar surface area (TPSA) is 38.5 Å². The van der Waals surface area contributed by atoms with Crippen LogP contribution in [0.15, 0.2) is 22.7 Å². The molecule has 1 fully saturated rings. The Morgan fingerprint density at radius 1 is 1.40 bits per heavy atom. The largest absolute Gasteiger partial charge is 0.381 e. The summed E-state index contributed by atoms with van der Waals surface area (Å²) in [5.74, 6) is 0.733. The van der Waals surface area contributed by atoms with E-state index in [4.69, 9.17) is 10.5 Å². The number of nitrogens with two attached hydrogens (primary N) is 1. The third-order valence-electron chi connectivity index (χ3n) is 4.22. The summed E-state index contributed by atoms with van der Waals surface area (Å²) in [7, 11) is 2.18. The first-order chi connectivity index (χ1) is 9.61. The van der Waals surface area contributed by atoms with Gasteiger partial charge in [0.15, 0.2) is 0 Å². The maximum absolute atomic E-state index is 6.02. The molecule has 0 amide bonds. The van der Waals surface area contributed by atoms with E-state index in [-0.39, 0.29) is 6.04 Å². The molecule has 1 saturated heterocycles. The molecule has 1 unspecified atom stereocenters. The van der Waals surface area contributed by atoms with Gasteiger partial charge >= 0.3 is 0 Å². The number of aryl methyl sites for hydroxylation is 1. The molecule has 1 atom stereocenters. The van der Waals surface area contributed by atoms with Crippen molar-refractivity contribution in [2.75, 3.05) is 33.4 Å². The Morgan fingerprint density at radius 3 is 2.70 bits per heavy atom. The van der Waals surface area contributed by atoms with Crippen molar-refractivity contribution in [3.05, 3.63) is 33.8 Å². The second-order valence-corrected chi connectivity index (χ2v) is 6.61. The predicted octanol–water partition coefficient (Wildman–Crippen LogP) is 3.12. The van der Waals surface area contributed by atoms with Crippen LogP contribution in [0.3, 0.4) is 0 Å². The molecule has 2 N–H and O–H groups in total.